The smallest absolute Gasteiger partial charge is 0.326 e. The highest BCUT2D eigenvalue weighted by Crippen LogP contribution is 2.28. The first-order valence-corrected chi connectivity index (χ1v) is 16.0. The molecule has 5 rings (SSSR count). The Morgan fingerprint density at radius 2 is 1.42 bits per heavy atom. The molecule has 43 heavy (non-hydrogen) atoms. The van der Waals surface area contributed by atoms with Crippen LogP contribution >= 0.6 is 0 Å². The number of piperidine rings is 1. The summed E-state index contributed by atoms with van der Waals surface area (Å²) in [5.74, 6) is 0.946. The average molecular weight is 603 g/mol. The highest BCUT2D eigenvalue weighted by Gasteiger charge is 2.29. The number of ether oxygens (including phenoxy) is 1. The molecule has 2 N–H and O–H groups in total. The van der Waals surface area contributed by atoms with Crippen molar-refractivity contribution in [2.75, 3.05) is 34.3 Å². The van der Waals surface area contributed by atoms with Gasteiger partial charge in [0.15, 0.2) is 0 Å². The van der Waals surface area contributed by atoms with Crippen molar-refractivity contribution in [2.45, 2.75) is 32.4 Å². The molecular weight excluding hydrogens is 567 g/mol. The first-order chi connectivity index (χ1) is 20.6. The lowest BCUT2D eigenvalue weighted by Gasteiger charge is -2.38. The maximum absolute atomic E-state index is 13.5. The number of aryl methyl sites for hydroxylation is 1. The summed E-state index contributed by atoms with van der Waals surface area (Å²) in [6.45, 7) is 4.47. The maximum Gasteiger partial charge on any atom is 0.326 e. The Balaban J connectivity index is 1.17. The molecule has 0 aromatic heterocycles. The Bertz CT molecular complexity index is 1620. The van der Waals surface area contributed by atoms with Crippen molar-refractivity contribution < 1.29 is 22.3 Å². The lowest BCUT2D eigenvalue weighted by atomic mass is 10.0. The number of carbonyl (C=O) groups is 1. The van der Waals surface area contributed by atoms with Crippen LogP contribution in [0.5, 0.6) is 11.5 Å². The lowest BCUT2D eigenvalue weighted by molar-refractivity contribution is 0.199. The predicted octanol–water partition coefficient (Wildman–Crippen LogP) is 7.00. The van der Waals surface area contributed by atoms with Gasteiger partial charge in [0.25, 0.3) is 0 Å². The number of amides is 2. The number of anilines is 3. The van der Waals surface area contributed by atoms with Gasteiger partial charge in [-0.15, -0.1) is 0 Å². The van der Waals surface area contributed by atoms with E-state index in [0.717, 1.165) is 55.5 Å². The minimum atomic E-state index is -3.33. The summed E-state index contributed by atoms with van der Waals surface area (Å²) in [5, 5.41) is 2.93. The molecule has 4 aromatic rings. The van der Waals surface area contributed by atoms with Gasteiger partial charge in [-0.25, -0.2) is 17.6 Å². The number of hydrogen-bond donors (Lipinski definition) is 2. The second-order valence-corrected chi connectivity index (χ2v) is 12.5. The molecule has 1 heterocycles. The molecule has 0 spiro atoms. The Kier molecular flexibility index (Phi) is 9.27. The van der Waals surface area contributed by atoms with Crippen LogP contribution in [0.2, 0.25) is 0 Å². The van der Waals surface area contributed by atoms with Crippen molar-refractivity contribution >= 4 is 33.1 Å². The zero-order chi connectivity index (χ0) is 30.4. The first kappa shape index (κ1) is 30.1. The minimum Gasteiger partial charge on any atom is -0.457 e. The molecule has 2 amide bonds. The molecule has 0 saturated carbocycles. The van der Waals surface area contributed by atoms with E-state index in [1.807, 2.05) is 60.4 Å². The van der Waals surface area contributed by atoms with E-state index in [9.17, 15) is 17.6 Å². The van der Waals surface area contributed by atoms with Crippen LogP contribution in [0, 0.1) is 12.7 Å². The number of carbonyl (C=O) groups excluding carboxylic acids is 1. The van der Waals surface area contributed by atoms with Crippen molar-refractivity contribution in [3.05, 3.63) is 114 Å². The summed E-state index contributed by atoms with van der Waals surface area (Å²) >= 11 is 0. The summed E-state index contributed by atoms with van der Waals surface area (Å²) < 4.78 is 44.5. The molecule has 0 aliphatic carbocycles. The van der Waals surface area contributed by atoms with Crippen LogP contribution in [-0.2, 0) is 16.6 Å². The molecule has 1 aliphatic rings. The molecule has 1 aliphatic heterocycles. The molecular formula is C33H35FN4O4S. The van der Waals surface area contributed by atoms with Crippen molar-refractivity contribution in [3.63, 3.8) is 0 Å². The minimum absolute atomic E-state index is 0.0224. The normalized spacial score (nSPS) is 14.2. The third kappa shape index (κ3) is 8.56. The standard InChI is InChI=1S/C33H35FN4O4S/c1-24-3-13-29(14-4-24)38(33(39)35-27-9-7-26(34)8-10-27)30-19-21-37(22-20-30)23-25-5-15-31(16-6-25)42-32-17-11-28(12-18-32)36-43(2,40)41/h3-18,30,36H,19-23H2,1-2H3,(H,35,39). The van der Waals surface area contributed by atoms with Gasteiger partial charge in [0.05, 0.1) is 6.26 Å². The van der Waals surface area contributed by atoms with Crippen LogP contribution in [0.15, 0.2) is 97.1 Å². The van der Waals surface area contributed by atoms with Gasteiger partial charge in [-0.1, -0.05) is 29.8 Å². The number of nitrogens with one attached hydrogen (secondary N) is 2. The highest BCUT2D eigenvalue weighted by molar-refractivity contribution is 7.92. The van der Waals surface area contributed by atoms with E-state index < -0.39 is 10.0 Å². The summed E-state index contributed by atoms with van der Waals surface area (Å²) in [6, 6.07) is 28.2. The monoisotopic (exact) mass is 602 g/mol. The first-order valence-electron chi connectivity index (χ1n) is 14.1. The van der Waals surface area contributed by atoms with E-state index in [1.54, 1.807) is 36.4 Å². The van der Waals surface area contributed by atoms with Crippen LogP contribution in [0.1, 0.15) is 24.0 Å². The van der Waals surface area contributed by atoms with E-state index in [0.29, 0.717) is 22.9 Å². The molecule has 8 nitrogen and oxygen atoms in total. The average Bonchev–Trinajstić information content (AvgIpc) is 2.98. The Morgan fingerprint density at radius 1 is 0.860 bits per heavy atom. The van der Waals surface area contributed by atoms with Crippen molar-refractivity contribution in [1.29, 1.82) is 0 Å². The second kappa shape index (κ2) is 13.3. The zero-order valence-electron chi connectivity index (χ0n) is 24.2. The van der Waals surface area contributed by atoms with Gasteiger partial charge in [0, 0.05) is 42.7 Å². The molecule has 1 fully saturated rings. The molecule has 1 saturated heterocycles. The molecule has 0 unspecified atom stereocenters. The van der Waals surface area contributed by atoms with Crippen molar-refractivity contribution in [1.82, 2.24) is 4.90 Å². The van der Waals surface area contributed by atoms with Crippen LogP contribution < -0.4 is 19.7 Å². The predicted molar refractivity (Wildman–Crippen MR) is 169 cm³/mol. The van der Waals surface area contributed by atoms with Gasteiger partial charge in [-0.3, -0.25) is 14.5 Å². The van der Waals surface area contributed by atoms with E-state index in [2.05, 4.69) is 14.9 Å². The third-order valence-corrected chi connectivity index (χ3v) is 7.88. The van der Waals surface area contributed by atoms with Gasteiger partial charge in [0.2, 0.25) is 10.0 Å². The summed E-state index contributed by atoms with van der Waals surface area (Å²) in [6.07, 6.45) is 2.74. The molecule has 0 bridgehead atoms. The maximum atomic E-state index is 13.5. The largest absolute Gasteiger partial charge is 0.457 e. The second-order valence-electron chi connectivity index (χ2n) is 10.8. The number of likely N-dealkylation sites (tertiary alicyclic amines) is 1. The Labute approximate surface area is 252 Å². The van der Waals surface area contributed by atoms with E-state index in [-0.39, 0.29) is 17.9 Å². The van der Waals surface area contributed by atoms with Gasteiger partial charge >= 0.3 is 6.03 Å². The number of hydrogen-bond acceptors (Lipinski definition) is 5. The Morgan fingerprint density at radius 3 is 2.00 bits per heavy atom. The fourth-order valence-electron chi connectivity index (χ4n) is 5.11. The van der Waals surface area contributed by atoms with E-state index in [4.69, 9.17) is 4.74 Å². The molecule has 0 radical (unpaired) electrons. The number of rotatable bonds is 9. The quantitative estimate of drug-likeness (QED) is 0.215. The summed E-state index contributed by atoms with van der Waals surface area (Å²) in [5.41, 5.74) is 4.14. The fourth-order valence-corrected chi connectivity index (χ4v) is 5.68. The van der Waals surface area contributed by atoms with Crippen molar-refractivity contribution in [3.8, 4) is 11.5 Å². The zero-order valence-corrected chi connectivity index (χ0v) is 25.0. The lowest BCUT2D eigenvalue weighted by Crippen LogP contribution is -2.49. The van der Waals surface area contributed by atoms with Crippen molar-refractivity contribution in [2.24, 2.45) is 0 Å². The molecule has 10 heteroatoms. The number of benzene rings is 4. The van der Waals surface area contributed by atoms with Gasteiger partial charge < -0.3 is 10.1 Å². The fraction of sp³-hybridized carbons (Fsp3) is 0.242. The molecule has 224 valence electrons. The number of sulfonamides is 1. The number of nitrogens with zero attached hydrogens (tertiary/aromatic N) is 2. The molecule has 4 aromatic carbocycles. The van der Waals surface area contributed by atoms with Crippen LogP contribution in [-0.4, -0.2) is 44.7 Å². The van der Waals surface area contributed by atoms with Crippen LogP contribution in [0.4, 0.5) is 26.2 Å². The van der Waals surface area contributed by atoms with E-state index >= 15 is 0 Å². The highest BCUT2D eigenvalue weighted by atomic mass is 32.2. The molecule has 0 atom stereocenters. The van der Waals surface area contributed by atoms with Gasteiger partial charge in [-0.2, -0.15) is 0 Å². The van der Waals surface area contributed by atoms with Crippen LogP contribution in [0.3, 0.4) is 0 Å². The van der Waals surface area contributed by atoms with E-state index in [1.165, 1.54) is 12.1 Å². The SMILES string of the molecule is Cc1ccc(N(C(=O)Nc2ccc(F)cc2)C2CCN(Cc3ccc(Oc4ccc(NS(C)(=O)=O)cc4)cc3)CC2)cc1. The Hall–Kier alpha value is -4.41. The van der Waals surface area contributed by atoms with Gasteiger partial charge in [-0.05, 0) is 98.1 Å². The summed E-state index contributed by atoms with van der Waals surface area (Å²) in [7, 11) is -3.33. The van der Waals surface area contributed by atoms with Gasteiger partial charge in [0.1, 0.15) is 17.3 Å². The number of halogens is 1. The summed E-state index contributed by atoms with van der Waals surface area (Å²) in [4.78, 5) is 17.7. The number of urea groups is 1. The third-order valence-electron chi connectivity index (χ3n) is 7.27. The topological polar surface area (TPSA) is 91.0 Å². The van der Waals surface area contributed by atoms with Crippen LogP contribution in [0.25, 0.3) is 0 Å².